The summed E-state index contributed by atoms with van der Waals surface area (Å²) in [5.74, 6) is -3.07. The van der Waals surface area contributed by atoms with Crippen molar-refractivity contribution in [1.82, 2.24) is 10.6 Å². The molecule has 2 atom stereocenters. The number of hydrogen-bond acceptors (Lipinski definition) is 7. The number of carbonyl (C=O) groups is 5. The fourth-order valence-electron chi connectivity index (χ4n) is 4.26. The molecule has 11 heteroatoms. The standard InChI is InChI=1S/C29H26N4O7/c1-40-23-14-8-6-12-21(23)28(38)32-27-29(39)33(16-24(35)30-19(17-34)15-25(36)37)22-13-7-5-11-20(22)26(31-27)18-9-3-2-4-10-18/h2-14,17,19,27H,15-16H2,1H3,(H,30,35)(H,32,38)(H,36,37)/t19-,27?/m0/s1. The van der Waals surface area contributed by atoms with Crippen molar-refractivity contribution in [2.24, 2.45) is 4.99 Å². The predicted molar refractivity (Wildman–Crippen MR) is 145 cm³/mol. The number of ether oxygens (including phenoxy) is 1. The Morgan fingerprint density at radius 2 is 1.70 bits per heavy atom. The molecule has 1 unspecified atom stereocenters. The van der Waals surface area contributed by atoms with Gasteiger partial charge in [0.05, 0.1) is 36.5 Å². The molecular formula is C29H26N4O7. The molecule has 0 saturated carbocycles. The molecule has 40 heavy (non-hydrogen) atoms. The van der Waals surface area contributed by atoms with Gasteiger partial charge in [-0.15, -0.1) is 0 Å². The van der Waals surface area contributed by atoms with Gasteiger partial charge in [-0.2, -0.15) is 0 Å². The van der Waals surface area contributed by atoms with Gasteiger partial charge < -0.3 is 25.3 Å². The number of aliphatic imine (C=N–C) groups is 1. The number of aldehydes is 1. The van der Waals surface area contributed by atoms with Gasteiger partial charge in [0, 0.05) is 11.1 Å². The van der Waals surface area contributed by atoms with Crippen LogP contribution >= 0.6 is 0 Å². The van der Waals surface area contributed by atoms with Crippen molar-refractivity contribution in [1.29, 1.82) is 0 Å². The van der Waals surface area contributed by atoms with E-state index >= 15 is 0 Å². The van der Waals surface area contributed by atoms with E-state index in [2.05, 4.69) is 15.6 Å². The highest BCUT2D eigenvalue weighted by atomic mass is 16.5. The van der Waals surface area contributed by atoms with Crippen molar-refractivity contribution < 1.29 is 33.8 Å². The Morgan fingerprint density at radius 1 is 1.02 bits per heavy atom. The number of carbonyl (C=O) groups excluding carboxylic acids is 4. The fraction of sp³-hybridized carbons (Fsp3) is 0.172. The molecule has 3 N–H and O–H groups in total. The maximum absolute atomic E-state index is 13.9. The van der Waals surface area contributed by atoms with Crippen molar-refractivity contribution in [3.63, 3.8) is 0 Å². The number of benzene rings is 3. The maximum Gasteiger partial charge on any atom is 0.305 e. The number of para-hydroxylation sites is 2. The first-order valence-electron chi connectivity index (χ1n) is 12.3. The van der Waals surface area contributed by atoms with Crippen LogP contribution < -0.4 is 20.3 Å². The molecule has 0 aliphatic carbocycles. The van der Waals surface area contributed by atoms with E-state index in [1.54, 1.807) is 48.5 Å². The Hall–Kier alpha value is -5.32. The minimum atomic E-state index is -1.44. The summed E-state index contributed by atoms with van der Waals surface area (Å²) in [6, 6.07) is 21.1. The Balaban J connectivity index is 1.75. The minimum Gasteiger partial charge on any atom is -0.496 e. The van der Waals surface area contributed by atoms with Crippen molar-refractivity contribution in [3.05, 3.63) is 95.6 Å². The van der Waals surface area contributed by atoms with Crippen molar-refractivity contribution in [2.75, 3.05) is 18.6 Å². The molecule has 4 rings (SSSR count). The van der Waals surface area contributed by atoms with Gasteiger partial charge in [0.2, 0.25) is 12.1 Å². The second kappa shape index (κ2) is 12.5. The van der Waals surface area contributed by atoms with Crippen molar-refractivity contribution >= 4 is 41.4 Å². The Kier molecular flexibility index (Phi) is 8.65. The SMILES string of the molecule is COc1ccccc1C(=O)NC1N=C(c2ccccc2)c2ccccc2N(CC(=O)N[C@H](C=O)CC(=O)O)C1=O. The molecule has 3 amide bonds. The summed E-state index contributed by atoms with van der Waals surface area (Å²) < 4.78 is 5.28. The zero-order chi connectivity index (χ0) is 28.6. The first-order chi connectivity index (χ1) is 19.3. The van der Waals surface area contributed by atoms with E-state index in [1.165, 1.54) is 7.11 Å². The monoisotopic (exact) mass is 542 g/mol. The van der Waals surface area contributed by atoms with Crippen LogP contribution in [0.15, 0.2) is 83.9 Å². The van der Waals surface area contributed by atoms with E-state index in [4.69, 9.17) is 9.84 Å². The lowest BCUT2D eigenvalue weighted by Gasteiger charge is -2.25. The summed E-state index contributed by atoms with van der Waals surface area (Å²) in [5.41, 5.74) is 2.15. The Morgan fingerprint density at radius 3 is 2.40 bits per heavy atom. The number of hydrogen-bond donors (Lipinski definition) is 3. The average Bonchev–Trinajstić information content (AvgIpc) is 3.07. The maximum atomic E-state index is 13.9. The predicted octanol–water partition coefficient (Wildman–Crippen LogP) is 1.79. The van der Waals surface area contributed by atoms with E-state index < -0.39 is 48.9 Å². The molecule has 204 valence electrons. The number of amides is 3. The number of benzodiazepines with no additional fused rings is 1. The van der Waals surface area contributed by atoms with Crippen LogP contribution in [0.2, 0.25) is 0 Å². The molecule has 1 heterocycles. The first kappa shape index (κ1) is 27.7. The molecule has 3 aromatic carbocycles. The number of nitrogens with one attached hydrogen (secondary N) is 2. The Bertz CT molecular complexity index is 1470. The second-order valence-electron chi connectivity index (χ2n) is 8.77. The topological polar surface area (TPSA) is 154 Å². The van der Waals surface area contributed by atoms with E-state index in [0.717, 1.165) is 4.90 Å². The molecule has 0 aromatic heterocycles. The quantitative estimate of drug-likeness (QED) is 0.330. The molecule has 0 bridgehead atoms. The summed E-state index contributed by atoms with van der Waals surface area (Å²) in [4.78, 5) is 68.3. The van der Waals surface area contributed by atoms with E-state index in [-0.39, 0.29) is 5.56 Å². The van der Waals surface area contributed by atoms with Gasteiger partial charge in [-0.3, -0.25) is 24.1 Å². The molecule has 11 nitrogen and oxygen atoms in total. The first-order valence-corrected chi connectivity index (χ1v) is 12.3. The summed E-state index contributed by atoms with van der Waals surface area (Å²) in [6.45, 7) is -0.557. The van der Waals surface area contributed by atoms with Gasteiger partial charge >= 0.3 is 5.97 Å². The Labute approximate surface area is 229 Å². The van der Waals surface area contributed by atoms with Gasteiger partial charge in [0.25, 0.3) is 11.8 Å². The largest absolute Gasteiger partial charge is 0.496 e. The number of carboxylic acids is 1. The number of fused-ring (bicyclic) bond motifs is 1. The van der Waals surface area contributed by atoms with Crippen molar-refractivity contribution in [3.8, 4) is 5.75 Å². The zero-order valence-corrected chi connectivity index (χ0v) is 21.4. The van der Waals surface area contributed by atoms with Crippen LogP contribution in [0.5, 0.6) is 5.75 Å². The summed E-state index contributed by atoms with van der Waals surface area (Å²) in [5, 5.41) is 14.0. The highest BCUT2D eigenvalue weighted by molar-refractivity contribution is 6.21. The highest BCUT2D eigenvalue weighted by Gasteiger charge is 2.35. The van der Waals surface area contributed by atoms with Crippen molar-refractivity contribution in [2.45, 2.75) is 18.6 Å². The summed E-state index contributed by atoms with van der Waals surface area (Å²) in [6.07, 6.45) is -1.73. The summed E-state index contributed by atoms with van der Waals surface area (Å²) >= 11 is 0. The van der Waals surface area contributed by atoms with Crippen LogP contribution in [0.3, 0.4) is 0 Å². The fourth-order valence-corrected chi connectivity index (χ4v) is 4.26. The molecule has 0 radical (unpaired) electrons. The van der Waals surface area contributed by atoms with Crippen LogP contribution in [-0.2, 0) is 19.2 Å². The third-order valence-corrected chi connectivity index (χ3v) is 6.08. The van der Waals surface area contributed by atoms with Gasteiger partial charge in [-0.05, 0) is 18.2 Å². The highest BCUT2D eigenvalue weighted by Crippen LogP contribution is 2.28. The number of carboxylic acid groups (broad SMARTS) is 1. The van der Waals surface area contributed by atoms with Gasteiger partial charge in [-0.1, -0.05) is 60.7 Å². The molecule has 1 aliphatic rings. The molecule has 3 aromatic rings. The lowest BCUT2D eigenvalue weighted by atomic mass is 10.0. The average molecular weight is 543 g/mol. The van der Waals surface area contributed by atoms with Gasteiger partial charge in [-0.25, -0.2) is 4.99 Å². The molecule has 0 fully saturated rings. The van der Waals surface area contributed by atoms with Crippen LogP contribution in [0.4, 0.5) is 5.69 Å². The molecule has 0 spiro atoms. The van der Waals surface area contributed by atoms with Crippen LogP contribution in [0.25, 0.3) is 0 Å². The van der Waals surface area contributed by atoms with Gasteiger partial charge in [0.1, 0.15) is 18.6 Å². The number of methoxy groups -OCH3 is 1. The van der Waals surface area contributed by atoms with Crippen LogP contribution in [-0.4, -0.2) is 66.7 Å². The zero-order valence-electron chi connectivity index (χ0n) is 21.4. The van der Waals surface area contributed by atoms with Gasteiger partial charge in [0.15, 0.2) is 0 Å². The van der Waals surface area contributed by atoms with E-state index in [1.807, 2.05) is 30.3 Å². The summed E-state index contributed by atoms with van der Waals surface area (Å²) in [7, 11) is 1.42. The third kappa shape index (κ3) is 6.21. The normalized spacial score (nSPS) is 15.1. The lowest BCUT2D eigenvalue weighted by Crippen LogP contribution is -2.51. The third-order valence-electron chi connectivity index (χ3n) is 6.08. The second-order valence-corrected chi connectivity index (χ2v) is 8.77. The number of anilines is 1. The lowest BCUT2D eigenvalue weighted by molar-refractivity contribution is -0.138. The molecule has 1 aliphatic heterocycles. The number of rotatable bonds is 10. The van der Waals surface area contributed by atoms with Crippen LogP contribution in [0.1, 0.15) is 27.9 Å². The molecular weight excluding hydrogens is 516 g/mol. The van der Waals surface area contributed by atoms with Crippen LogP contribution in [0, 0.1) is 0 Å². The number of aliphatic carboxylic acids is 1. The minimum absolute atomic E-state index is 0.183. The molecule has 0 saturated heterocycles. The smallest absolute Gasteiger partial charge is 0.305 e. The van der Waals surface area contributed by atoms with E-state index in [0.29, 0.717) is 34.6 Å². The van der Waals surface area contributed by atoms with E-state index in [9.17, 15) is 24.0 Å². The number of nitrogens with zero attached hydrogens (tertiary/aromatic N) is 2.